The molecule has 2 unspecified atom stereocenters. The zero-order valence-electron chi connectivity index (χ0n) is 17.8. The summed E-state index contributed by atoms with van der Waals surface area (Å²) in [5.41, 5.74) is 6.92. The molecule has 0 aliphatic heterocycles. The highest BCUT2D eigenvalue weighted by molar-refractivity contribution is 5.73. The van der Waals surface area contributed by atoms with Crippen LogP contribution in [0.15, 0.2) is 0 Å². The molecular formula is C24H41NO2. The van der Waals surface area contributed by atoms with Gasteiger partial charge in [-0.15, -0.1) is 0 Å². The van der Waals surface area contributed by atoms with Gasteiger partial charge in [-0.1, -0.05) is 33.6 Å². The molecule has 4 aliphatic carbocycles. The molecule has 4 fully saturated rings. The molecule has 3 N–H and O–H groups in total. The third-order valence-electron chi connectivity index (χ3n) is 10.3. The molecule has 0 spiro atoms. The maximum absolute atomic E-state index is 11.2. The average Bonchev–Trinajstić information content (AvgIpc) is 2.98. The van der Waals surface area contributed by atoms with Crippen LogP contribution in [0.4, 0.5) is 0 Å². The fourth-order valence-corrected chi connectivity index (χ4v) is 8.94. The van der Waals surface area contributed by atoms with Gasteiger partial charge in [0.05, 0.1) is 0 Å². The number of carboxylic acids is 1. The van der Waals surface area contributed by atoms with Gasteiger partial charge in [-0.25, -0.2) is 0 Å². The van der Waals surface area contributed by atoms with E-state index in [-0.39, 0.29) is 0 Å². The Labute approximate surface area is 165 Å². The van der Waals surface area contributed by atoms with Crippen molar-refractivity contribution in [2.45, 2.75) is 97.4 Å². The molecule has 0 radical (unpaired) electrons. The number of aliphatic carboxylic acids is 1. The standard InChI is InChI=1S/C24H41NO2/c1-15(14-21(25)22(26)27)18-9-10-19-17-8-7-16-6-4-5-12-23(16,2)20(17)11-13-24(18,19)3/h15-21H,4-14,25H2,1-3H3,(H,26,27)/t15-,16?,17+,18-,19+,20+,21?,23+,24-/m1/s1. The van der Waals surface area contributed by atoms with Gasteiger partial charge in [0.15, 0.2) is 0 Å². The van der Waals surface area contributed by atoms with Gasteiger partial charge >= 0.3 is 5.97 Å². The summed E-state index contributed by atoms with van der Waals surface area (Å²) in [5, 5.41) is 9.24. The number of nitrogens with two attached hydrogens (primary N) is 1. The first-order chi connectivity index (χ1) is 12.8. The first kappa shape index (κ1) is 19.7. The lowest BCUT2D eigenvalue weighted by Crippen LogP contribution is -2.53. The third-order valence-corrected chi connectivity index (χ3v) is 10.3. The van der Waals surface area contributed by atoms with Crippen LogP contribution in [0.3, 0.4) is 0 Å². The van der Waals surface area contributed by atoms with Crippen molar-refractivity contribution in [2.24, 2.45) is 52.1 Å². The molecule has 0 saturated heterocycles. The van der Waals surface area contributed by atoms with Gasteiger partial charge in [-0.05, 0) is 104 Å². The summed E-state index contributed by atoms with van der Waals surface area (Å²) in [5.74, 6) is 3.97. The normalized spacial score (nSPS) is 48.8. The Hall–Kier alpha value is -0.570. The van der Waals surface area contributed by atoms with Gasteiger partial charge in [0, 0.05) is 0 Å². The Morgan fingerprint density at radius 2 is 1.74 bits per heavy atom. The Balaban J connectivity index is 1.52. The fourth-order valence-electron chi connectivity index (χ4n) is 8.94. The van der Waals surface area contributed by atoms with E-state index < -0.39 is 12.0 Å². The van der Waals surface area contributed by atoms with Crippen molar-refractivity contribution < 1.29 is 9.90 Å². The molecule has 27 heavy (non-hydrogen) atoms. The molecule has 3 nitrogen and oxygen atoms in total. The van der Waals surface area contributed by atoms with E-state index in [9.17, 15) is 9.90 Å². The molecule has 4 aliphatic rings. The van der Waals surface area contributed by atoms with Crippen LogP contribution in [0.25, 0.3) is 0 Å². The highest BCUT2D eigenvalue weighted by Gasteiger charge is 2.60. The lowest BCUT2D eigenvalue weighted by molar-refractivity contribution is -0.139. The van der Waals surface area contributed by atoms with E-state index in [1.807, 2.05) is 0 Å². The minimum absolute atomic E-state index is 0.413. The van der Waals surface area contributed by atoms with Crippen LogP contribution in [0, 0.1) is 46.3 Å². The van der Waals surface area contributed by atoms with Crippen LogP contribution >= 0.6 is 0 Å². The summed E-state index contributed by atoms with van der Waals surface area (Å²) in [6.07, 6.45) is 14.9. The van der Waals surface area contributed by atoms with E-state index in [1.54, 1.807) is 0 Å². The van der Waals surface area contributed by atoms with E-state index in [2.05, 4.69) is 20.8 Å². The summed E-state index contributed by atoms with van der Waals surface area (Å²) >= 11 is 0. The molecular weight excluding hydrogens is 334 g/mol. The largest absolute Gasteiger partial charge is 0.480 e. The molecule has 0 aromatic heterocycles. The molecule has 0 aromatic carbocycles. The Bertz CT molecular complexity index is 577. The fraction of sp³-hybridized carbons (Fsp3) is 0.958. The zero-order chi connectivity index (χ0) is 19.4. The second kappa shape index (κ2) is 7.04. The van der Waals surface area contributed by atoms with Crippen molar-refractivity contribution in [1.82, 2.24) is 0 Å². The number of rotatable bonds is 4. The first-order valence-corrected chi connectivity index (χ1v) is 11.8. The van der Waals surface area contributed by atoms with Crippen molar-refractivity contribution in [3.05, 3.63) is 0 Å². The zero-order valence-corrected chi connectivity index (χ0v) is 17.8. The van der Waals surface area contributed by atoms with Crippen molar-refractivity contribution in [1.29, 1.82) is 0 Å². The highest BCUT2D eigenvalue weighted by Crippen LogP contribution is 2.68. The molecule has 4 rings (SSSR count). The lowest BCUT2D eigenvalue weighted by Gasteiger charge is -2.61. The number of carboxylic acid groups (broad SMARTS) is 1. The lowest BCUT2D eigenvalue weighted by atomic mass is 9.44. The maximum Gasteiger partial charge on any atom is 0.320 e. The topological polar surface area (TPSA) is 63.3 Å². The number of fused-ring (bicyclic) bond motifs is 5. The van der Waals surface area contributed by atoms with Gasteiger partial charge in [0.25, 0.3) is 0 Å². The Morgan fingerprint density at radius 3 is 2.48 bits per heavy atom. The van der Waals surface area contributed by atoms with E-state index in [0.717, 1.165) is 23.7 Å². The molecule has 0 amide bonds. The van der Waals surface area contributed by atoms with Crippen molar-refractivity contribution in [3.63, 3.8) is 0 Å². The second-order valence-electron chi connectivity index (χ2n) is 11.3. The molecule has 154 valence electrons. The van der Waals surface area contributed by atoms with Crippen LogP contribution in [0.2, 0.25) is 0 Å². The van der Waals surface area contributed by atoms with Gasteiger partial charge in [-0.2, -0.15) is 0 Å². The number of carbonyl (C=O) groups is 1. The molecule has 0 heterocycles. The Kier molecular flexibility index (Phi) is 5.15. The average molecular weight is 376 g/mol. The first-order valence-electron chi connectivity index (χ1n) is 11.8. The number of hydrogen-bond donors (Lipinski definition) is 2. The van der Waals surface area contributed by atoms with Gasteiger partial charge in [-0.3, -0.25) is 4.79 Å². The van der Waals surface area contributed by atoms with Gasteiger partial charge in [0.1, 0.15) is 6.04 Å². The summed E-state index contributed by atoms with van der Waals surface area (Å²) in [6, 6.07) is -0.699. The summed E-state index contributed by atoms with van der Waals surface area (Å²) in [7, 11) is 0. The Morgan fingerprint density at radius 1 is 1.00 bits per heavy atom. The number of hydrogen-bond acceptors (Lipinski definition) is 2. The monoisotopic (exact) mass is 375 g/mol. The summed E-state index contributed by atoms with van der Waals surface area (Å²) in [4.78, 5) is 11.2. The van der Waals surface area contributed by atoms with Crippen LogP contribution in [0.5, 0.6) is 0 Å². The van der Waals surface area contributed by atoms with Crippen molar-refractivity contribution >= 4 is 5.97 Å². The predicted molar refractivity (Wildman–Crippen MR) is 109 cm³/mol. The third kappa shape index (κ3) is 3.07. The van der Waals surface area contributed by atoms with E-state index in [0.29, 0.717) is 29.1 Å². The second-order valence-corrected chi connectivity index (χ2v) is 11.3. The molecule has 0 aromatic rings. The smallest absolute Gasteiger partial charge is 0.320 e. The highest BCUT2D eigenvalue weighted by atomic mass is 16.4. The van der Waals surface area contributed by atoms with E-state index in [1.165, 1.54) is 64.2 Å². The van der Waals surface area contributed by atoms with Gasteiger partial charge < -0.3 is 10.8 Å². The molecule has 9 atom stereocenters. The van der Waals surface area contributed by atoms with Gasteiger partial charge in [0.2, 0.25) is 0 Å². The quantitative estimate of drug-likeness (QED) is 0.684. The maximum atomic E-state index is 11.2. The van der Waals surface area contributed by atoms with Crippen LogP contribution in [0.1, 0.15) is 91.4 Å². The van der Waals surface area contributed by atoms with Crippen LogP contribution in [-0.4, -0.2) is 17.1 Å². The SMILES string of the molecule is C[C@H](CC(N)C(=O)O)[C@H]1CC[C@H]2[C@@H]3CCC4CCCC[C@]4(C)[C@H]3CC[C@]12C. The molecule has 0 bridgehead atoms. The molecule has 4 saturated carbocycles. The summed E-state index contributed by atoms with van der Waals surface area (Å²) < 4.78 is 0. The summed E-state index contributed by atoms with van der Waals surface area (Å²) in [6.45, 7) is 7.48. The van der Waals surface area contributed by atoms with Crippen LogP contribution in [-0.2, 0) is 4.79 Å². The van der Waals surface area contributed by atoms with Crippen LogP contribution < -0.4 is 5.73 Å². The van der Waals surface area contributed by atoms with Crippen molar-refractivity contribution in [2.75, 3.05) is 0 Å². The minimum Gasteiger partial charge on any atom is -0.480 e. The molecule has 3 heteroatoms. The van der Waals surface area contributed by atoms with E-state index in [4.69, 9.17) is 5.73 Å². The predicted octanol–water partition coefficient (Wildman–Crippen LogP) is 5.47. The minimum atomic E-state index is -0.839. The van der Waals surface area contributed by atoms with Crippen molar-refractivity contribution in [3.8, 4) is 0 Å². The van der Waals surface area contributed by atoms with E-state index >= 15 is 0 Å².